The van der Waals surface area contributed by atoms with Gasteiger partial charge in [-0.25, -0.2) is 8.78 Å². The number of aromatic nitrogens is 2. The van der Waals surface area contributed by atoms with Gasteiger partial charge in [0.2, 0.25) is 5.88 Å². The molecule has 19 heavy (non-hydrogen) atoms. The van der Waals surface area contributed by atoms with E-state index in [4.69, 9.17) is 10.5 Å². The molecule has 0 aliphatic rings. The fourth-order valence-electron chi connectivity index (χ4n) is 1.74. The number of benzene rings is 1. The first-order valence-corrected chi connectivity index (χ1v) is 6.34. The molecule has 0 aliphatic carbocycles. The maximum Gasteiger partial charge on any atom is 0.243 e. The Morgan fingerprint density at radius 1 is 1.37 bits per heavy atom. The van der Waals surface area contributed by atoms with E-state index in [1.54, 1.807) is 4.40 Å². The maximum absolute atomic E-state index is 13.5. The van der Waals surface area contributed by atoms with Gasteiger partial charge in [-0.3, -0.25) is 4.40 Å². The van der Waals surface area contributed by atoms with Gasteiger partial charge in [-0.1, -0.05) is 0 Å². The third kappa shape index (κ3) is 2.06. The molecular weight excluding hydrogens is 272 g/mol. The van der Waals surface area contributed by atoms with Crippen molar-refractivity contribution in [1.82, 2.24) is 9.38 Å². The molecule has 0 fully saturated rings. The Labute approximate surface area is 111 Å². The van der Waals surface area contributed by atoms with Crippen molar-refractivity contribution in [2.45, 2.75) is 6.54 Å². The number of nitrogens with two attached hydrogens (primary N) is 1. The Kier molecular flexibility index (Phi) is 2.92. The Balaban J connectivity index is 2.02. The second-order valence-corrected chi connectivity index (χ2v) is 4.67. The van der Waals surface area contributed by atoms with Crippen molar-refractivity contribution in [2.75, 3.05) is 0 Å². The summed E-state index contributed by atoms with van der Waals surface area (Å²) in [6, 6.07) is 3.10. The first-order valence-electron chi connectivity index (χ1n) is 5.46. The Hall–Kier alpha value is -1.99. The molecule has 0 bridgehead atoms. The van der Waals surface area contributed by atoms with Crippen molar-refractivity contribution < 1.29 is 13.5 Å². The number of imidazole rings is 1. The SMILES string of the molecule is NCc1c(Oc2ccc(F)cc2F)nc2sccn12. The zero-order valence-electron chi connectivity index (χ0n) is 9.64. The summed E-state index contributed by atoms with van der Waals surface area (Å²) in [6.07, 6.45) is 1.81. The van der Waals surface area contributed by atoms with E-state index >= 15 is 0 Å². The topological polar surface area (TPSA) is 52.5 Å². The molecule has 0 aliphatic heterocycles. The second-order valence-electron chi connectivity index (χ2n) is 3.80. The van der Waals surface area contributed by atoms with E-state index < -0.39 is 11.6 Å². The molecule has 0 spiro atoms. The van der Waals surface area contributed by atoms with E-state index in [1.807, 2.05) is 11.6 Å². The summed E-state index contributed by atoms with van der Waals surface area (Å²) in [5.74, 6) is -1.28. The average Bonchev–Trinajstić information content (AvgIpc) is 2.92. The molecule has 0 saturated carbocycles. The fraction of sp³-hybridized carbons (Fsp3) is 0.0833. The molecular formula is C12H9F2N3OS. The fourth-order valence-corrected chi connectivity index (χ4v) is 2.47. The minimum absolute atomic E-state index is 0.0816. The van der Waals surface area contributed by atoms with Gasteiger partial charge in [0.05, 0.1) is 0 Å². The summed E-state index contributed by atoms with van der Waals surface area (Å²) < 4.78 is 33.5. The lowest BCUT2D eigenvalue weighted by Gasteiger charge is -2.05. The molecule has 0 saturated heterocycles. The molecule has 1 aromatic carbocycles. The number of halogens is 2. The molecule has 4 nitrogen and oxygen atoms in total. The van der Waals surface area contributed by atoms with Crippen LogP contribution in [0.4, 0.5) is 8.78 Å². The molecule has 3 aromatic rings. The lowest BCUT2D eigenvalue weighted by Crippen LogP contribution is -2.02. The molecule has 0 amide bonds. The summed E-state index contributed by atoms with van der Waals surface area (Å²) in [7, 11) is 0. The van der Waals surface area contributed by atoms with Crippen LogP contribution in [0, 0.1) is 11.6 Å². The van der Waals surface area contributed by atoms with E-state index in [1.165, 1.54) is 17.4 Å². The van der Waals surface area contributed by atoms with Crippen LogP contribution in [0.25, 0.3) is 4.96 Å². The van der Waals surface area contributed by atoms with Crippen LogP contribution in [0.3, 0.4) is 0 Å². The van der Waals surface area contributed by atoms with Crippen LogP contribution in [-0.4, -0.2) is 9.38 Å². The second kappa shape index (κ2) is 4.60. The smallest absolute Gasteiger partial charge is 0.243 e. The number of fused-ring (bicyclic) bond motifs is 1. The maximum atomic E-state index is 13.5. The van der Waals surface area contributed by atoms with Crippen LogP contribution in [0.1, 0.15) is 5.69 Å². The van der Waals surface area contributed by atoms with Gasteiger partial charge in [0, 0.05) is 24.2 Å². The molecule has 2 heterocycles. The number of nitrogens with zero attached hydrogens (tertiary/aromatic N) is 2. The lowest BCUT2D eigenvalue weighted by atomic mass is 10.3. The predicted molar refractivity (Wildman–Crippen MR) is 67.4 cm³/mol. The highest BCUT2D eigenvalue weighted by molar-refractivity contribution is 7.15. The number of thiazole rings is 1. The number of rotatable bonds is 3. The van der Waals surface area contributed by atoms with E-state index in [2.05, 4.69) is 4.98 Å². The third-order valence-corrected chi connectivity index (χ3v) is 3.37. The van der Waals surface area contributed by atoms with Crippen molar-refractivity contribution in [3.05, 3.63) is 47.1 Å². The third-order valence-electron chi connectivity index (χ3n) is 2.62. The highest BCUT2D eigenvalue weighted by Gasteiger charge is 2.15. The van der Waals surface area contributed by atoms with Gasteiger partial charge >= 0.3 is 0 Å². The van der Waals surface area contributed by atoms with Crippen molar-refractivity contribution in [1.29, 1.82) is 0 Å². The van der Waals surface area contributed by atoms with Gasteiger partial charge in [0.25, 0.3) is 0 Å². The van der Waals surface area contributed by atoms with Crippen molar-refractivity contribution >= 4 is 16.3 Å². The molecule has 0 atom stereocenters. The Bertz CT molecular complexity index is 738. The van der Waals surface area contributed by atoms with Gasteiger partial charge in [-0.05, 0) is 12.1 Å². The van der Waals surface area contributed by atoms with Gasteiger partial charge in [-0.15, -0.1) is 11.3 Å². The van der Waals surface area contributed by atoms with Crippen molar-refractivity contribution in [2.24, 2.45) is 5.73 Å². The summed E-state index contributed by atoms with van der Waals surface area (Å²) in [5.41, 5.74) is 6.29. The van der Waals surface area contributed by atoms with Crippen LogP contribution < -0.4 is 10.5 Å². The highest BCUT2D eigenvalue weighted by atomic mass is 32.1. The van der Waals surface area contributed by atoms with E-state index in [-0.39, 0.29) is 18.2 Å². The Morgan fingerprint density at radius 2 is 2.21 bits per heavy atom. The molecule has 98 valence electrons. The first kappa shape index (κ1) is 12.1. The minimum atomic E-state index is -0.778. The van der Waals surface area contributed by atoms with Crippen molar-refractivity contribution in [3.63, 3.8) is 0 Å². The Morgan fingerprint density at radius 3 is 2.95 bits per heavy atom. The van der Waals surface area contributed by atoms with Crippen molar-refractivity contribution in [3.8, 4) is 11.6 Å². The van der Waals surface area contributed by atoms with Gasteiger partial charge in [-0.2, -0.15) is 4.98 Å². The zero-order chi connectivity index (χ0) is 13.4. The standard InChI is InChI=1S/C12H9F2N3OS/c13-7-1-2-10(8(14)5-7)18-11-9(6-15)17-3-4-19-12(17)16-11/h1-5H,6,15H2. The molecule has 3 rings (SSSR count). The molecule has 2 N–H and O–H groups in total. The summed E-state index contributed by atoms with van der Waals surface area (Å²) in [6.45, 7) is 0.204. The number of ether oxygens (including phenoxy) is 1. The van der Waals surface area contributed by atoms with Crippen LogP contribution >= 0.6 is 11.3 Å². The highest BCUT2D eigenvalue weighted by Crippen LogP contribution is 2.29. The van der Waals surface area contributed by atoms with Crippen LogP contribution in [0.2, 0.25) is 0 Å². The molecule has 0 radical (unpaired) electrons. The quantitative estimate of drug-likeness (QED) is 0.803. The van der Waals surface area contributed by atoms with Gasteiger partial charge in [0.15, 0.2) is 16.5 Å². The van der Waals surface area contributed by atoms with Crippen LogP contribution in [-0.2, 0) is 6.54 Å². The first-order chi connectivity index (χ1) is 9.19. The summed E-state index contributed by atoms with van der Waals surface area (Å²) in [4.78, 5) is 4.93. The average molecular weight is 281 g/mol. The lowest BCUT2D eigenvalue weighted by molar-refractivity contribution is 0.421. The van der Waals surface area contributed by atoms with E-state index in [0.29, 0.717) is 10.7 Å². The largest absolute Gasteiger partial charge is 0.434 e. The number of hydrogen-bond acceptors (Lipinski definition) is 4. The van der Waals surface area contributed by atoms with Crippen LogP contribution in [0.5, 0.6) is 11.6 Å². The monoisotopic (exact) mass is 281 g/mol. The molecule has 0 unspecified atom stereocenters. The normalized spacial score (nSPS) is 11.1. The predicted octanol–water partition coefficient (Wildman–Crippen LogP) is 2.93. The van der Waals surface area contributed by atoms with Crippen LogP contribution in [0.15, 0.2) is 29.8 Å². The van der Waals surface area contributed by atoms with Gasteiger partial charge in [0.1, 0.15) is 11.5 Å². The van der Waals surface area contributed by atoms with E-state index in [0.717, 1.165) is 12.1 Å². The minimum Gasteiger partial charge on any atom is -0.434 e. The van der Waals surface area contributed by atoms with E-state index in [9.17, 15) is 8.78 Å². The molecule has 7 heteroatoms. The number of hydrogen-bond donors (Lipinski definition) is 1. The van der Waals surface area contributed by atoms with Gasteiger partial charge < -0.3 is 10.5 Å². The zero-order valence-corrected chi connectivity index (χ0v) is 10.5. The summed E-state index contributed by atoms with van der Waals surface area (Å²) >= 11 is 1.42. The summed E-state index contributed by atoms with van der Waals surface area (Å²) in [5, 5.41) is 1.86. The molecule has 2 aromatic heterocycles.